The van der Waals surface area contributed by atoms with Crippen LogP contribution in [-0.4, -0.2) is 0 Å². The van der Waals surface area contributed by atoms with E-state index in [1.807, 2.05) is 19.1 Å². The van der Waals surface area contributed by atoms with Gasteiger partial charge in [-0.25, -0.2) is 0 Å². The summed E-state index contributed by atoms with van der Waals surface area (Å²) in [4.78, 5) is 0. The van der Waals surface area contributed by atoms with Gasteiger partial charge in [0.25, 0.3) is 0 Å². The minimum atomic E-state index is 0.845. The van der Waals surface area contributed by atoms with Crippen LogP contribution in [0.1, 0.15) is 22.3 Å². The molecule has 0 saturated carbocycles. The van der Waals surface area contributed by atoms with Crippen LogP contribution in [0.25, 0.3) is 12.2 Å². The number of hydrogen-bond acceptors (Lipinski definition) is 1. The van der Waals surface area contributed by atoms with Gasteiger partial charge in [-0.1, -0.05) is 42.5 Å². The summed E-state index contributed by atoms with van der Waals surface area (Å²) in [5.74, 6) is 0. The van der Waals surface area contributed by atoms with Crippen molar-refractivity contribution < 1.29 is 0 Å². The Bertz CT molecular complexity index is 553. The molecule has 2 N–H and O–H groups in total. The van der Waals surface area contributed by atoms with Crippen LogP contribution in [-0.2, 0) is 0 Å². The number of anilines is 1. The van der Waals surface area contributed by atoms with Crippen molar-refractivity contribution in [3.8, 4) is 0 Å². The minimum Gasteiger partial charge on any atom is -0.399 e. The van der Waals surface area contributed by atoms with E-state index in [1.165, 1.54) is 16.7 Å². The Kier molecular flexibility index (Phi) is 3.29. The summed E-state index contributed by atoms with van der Waals surface area (Å²) in [7, 11) is 0. The summed E-state index contributed by atoms with van der Waals surface area (Å²) in [5.41, 5.74) is 11.5. The second kappa shape index (κ2) is 4.88. The van der Waals surface area contributed by atoms with E-state index >= 15 is 0 Å². The SMILES string of the molecule is Cc1cc(/C=C/c2ccccc2C)ccc1N. The van der Waals surface area contributed by atoms with Crippen LogP contribution in [0.2, 0.25) is 0 Å². The molecule has 1 nitrogen and oxygen atoms in total. The number of benzene rings is 2. The Morgan fingerprint density at radius 2 is 1.65 bits per heavy atom. The van der Waals surface area contributed by atoms with Crippen LogP contribution in [0.5, 0.6) is 0 Å². The molecule has 2 aromatic rings. The van der Waals surface area contributed by atoms with E-state index in [-0.39, 0.29) is 0 Å². The molecule has 0 bridgehead atoms. The van der Waals surface area contributed by atoms with E-state index in [0.717, 1.165) is 11.3 Å². The van der Waals surface area contributed by atoms with E-state index in [0.29, 0.717) is 0 Å². The predicted octanol–water partition coefficient (Wildman–Crippen LogP) is 4.06. The molecule has 2 rings (SSSR count). The molecule has 0 aliphatic rings. The van der Waals surface area contributed by atoms with E-state index in [2.05, 4.69) is 49.4 Å². The maximum absolute atomic E-state index is 5.80. The van der Waals surface area contributed by atoms with E-state index < -0.39 is 0 Å². The molecular weight excluding hydrogens is 206 g/mol. The lowest BCUT2D eigenvalue weighted by Gasteiger charge is -2.02. The fraction of sp³-hybridized carbons (Fsp3) is 0.125. The van der Waals surface area contributed by atoms with Gasteiger partial charge in [-0.3, -0.25) is 0 Å². The van der Waals surface area contributed by atoms with Crippen molar-refractivity contribution in [1.29, 1.82) is 0 Å². The zero-order valence-corrected chi connectivity index (χ0v) is 10.3. The number of rotatable bonds is 2. The molecule has 0 aromatic heterocycles. The van der Waals surface area contributed by atoms with Crippen LogP contribution < -0.4 is 5.73 Å². The number of nitrogen functional groups attached to an aromatic ring is 1. The highest BCUT2D eigenvalue weighted by Gasteiger charge is 1.94. The molecule has 0 heterocycles. The molecule has 0 amide bonds. The molecule has 0 spiro atoms. The van der Waals surface area contributed by atoms with Crippen LogP contribution >= 0.6 is 0 Å². The Hall–Kier alpha value is -2.02. The zero-order valence-electron chi connectivity index (χ0n) is 10.3. The molecule has 0 fully saturated rings. The number of hydrogen-bond donors (Lipinski definition) is 1. The van der Waals surface area contributed by atoms with Crippen molar-refractivity contribution in [1.82, 2.24) is 0 Å². The summed E-state index contributed by atoms with van der Waals surface area (Å²) < 4.78 is 0. The molecule has 0 radical (unpaired) electrons. The summed E-state index contributed by atoms with van der Waals surface area (Å²) in [6.07, 6.45) is 4.26. The Morgan fingerprint density at radius 1 is 0.882 bits per heavy atom. The fourth-order valence-electron chi connectivity index (χ4n) is 1.76. The molecule has 1 heteroatoms. The van der Waals surface area contributed by atoms with Gasteiger partial charge in [-0.15, -0.1) is 0 Å². The third-order valence-electron chi connectivity index (χ3n) is 2.94. The maximum Gasteiger partial charge on any atom is 0.0344 e. The summed E-state index contributed by atoms with van der Waals surface area (Å²) in [6.45, 7) is 4.15. The molecule has 17 heavy (non-hydrogen) atoms. The average Bonchev–Trinajstić information content (AvgIpc) is 2.32. The van der Waals surface area contributed by atoms with Crippen molar-refractivity contribution in [2.24, 2.45) is 0 Å². The lowest BCUT2D eigenvalue weighted by Crippen LogP contribution is -1.88. The van der Waals surface area contributed by atoms with Gasteiger partial charge in [-0.2, -0.15) is 0 Å². The molecule has 86 valence electrons. The summed E-state index contributed by atoms with van der Waals surface area (Å²) >= 11 is 0. The van der Waals surface area contributed by atoms with Crippen LogP contribution in [0, 0.1) is 13.8 Å². The van der Waals surface area contributed by atoms with Crippen molar-refractivity contribution in [3.63, 3.8) is 0 Å². The van der Waals surface area contributed by atoms with E-state index in [9.17, 15) is 0 Å². The van der Waals surface area contributed by atoms with E-state index in [4.69, 9.17) is 5.73 Å². The van der Waals surface area contributed by atoms with Gasteiger partial charge >= 0.3 is 0 Å². The molecule has 0 saturated heterocycles. The third kappa shape index (κ3) is 2.76. The molecule has 2 aromatic carbocycles. The van der Waals surface area contributed by atoms with Gasteiger partial charge in [0.05, 0.1) is 0 Å². The standard InChI is InChI=1S/C16H17N/c1-12-5-3-4-6-15(12)9-7-14-8-10-16(17)13(2)11-14/h3-11H,17H2,1-2H3/b9-7+. The second-order valence-corrected chi connectivity index (χ2v) is 4.31. The maximum atomic E-state index is 5.80. The fourth-order valence-corrected chi connectivity index (χ4v) is 1.76. The van der Waals surface area contributed by atoms with Crippen molar-refractivity contribution in [2.45, 2.75) is 13.8 Å². The van der Waals surface area contributed by atoms with Crippen LogP contribution in [0.3, 0.4) is 0 Å². The normalized spacial score (nSPS) is 10.9. The molecule has 0 atom stereocenters. The Morgan fingerprint density at radius 3 is 2.35 bits per heavy atom. The van der Waals surface area contributed by atoms with Crippen molar-refractivity contribution in [3.05, 3.63) is 64.7 Å². The molecule has 0 aliphatic carbocycles. The molecule has 0 unspecified atom stereocenters. The average molecular weight is 223 g/mol. The minimum absolute atomic E-state index is 0.845. The molecule has 0 aliphatic heterocycles. The third-order valence-corrected chi connectivity index (χ3v) is 2.94. The number of aryl methyl sites for hydroxylation is 2. The highest BCUT2D eigenvalue weighted by molar-refractivity contribution is 5.72. The monoisotopic (exact) mass is 223 g/mol. The van der Waals surface area contributed by atoms with Crippen LogP contribution in [0.4, 0.5) is 5.69 Å². The van der Waals surface area contributed by atoms with E-state index in [1.54, 1.807) is 0 Å². The molecular formula is C16H17N. The first kappa shape index (κ1) is 11.5. The lowest BCUT2D eigenvalue weighted by molar-refractivity contribution is 1.44. The number of nitrogens with two attached hydrogens (primary N) is 1. The van der Waals surface area contributed by atoms with Gasteiger partial charge in [0, 0.05) is 5.69 Å². The smallest absolute Gasteiger partial charge is 0.0344 e. The first-order valence-electron chi connectivity index (χ1n) is 5.76. The zero-order chi connectivity index (χ0) is 12.3. The van der Waals surface area contributed by atoms with Gasteiger partial charge in [0.1, 0.15) is 0 Å². The second-order valence-electron chi connectivity index (χ2n) is 4.31. The largest absolute Gasteiger partial charge is 0.399 e. The van der Waals surface area contributed by atoms with Crippen molar-refractivity contribution in [2.75, 3.05) is 5.73 Å². The van der Waals surface area contributed by atoms with Gasteiger partial charge < -0.3 is 5.73 Å². The first-order valence-corrected chi connectivity index (χ1v) is 5.76. The van der Waals surface area contributed by atoms with Crippen LogP contribution in [0.15, 0.2) is 42.5 Å². The first-order chi connectivity index (χ1) is 8.16. The topological polar surface area (TPSA) is 26.0 Å². The quantitative estimate of drug-likeness (QED) is 0.603. The van der Waals surface area contributed by atoms with Gasteiger partial charge in [0.15, 0.2) is 0 Å². The lowest BCUT2D eigenvalue weighted by atomic mass is 10.1. The van der Waals surface area contributed by atoms with Gasteiger partial charge in [-0.05, 0) is 48.2 Å². The highest BCUT2D eigenvalue weighted by Crippen LogP contribution is 2.16. The van der Waals surface area contributed by atoms with Gasteiger partial charge in [0.2, 0.25) is 0 Å². The summed E-state index contributed by atoms with van der Waals surface area (Å²) in [6, 6.07) is 14.4. The highest BCUT2D eigenvalue weighted by atomic mass is 14.5. The Balaban J connectivity index is 2.26. The summed E-state index contributed by atoms with van der Waals surface area (Å²) in [5, 5.41) is 0. The Labute approximate surface area is 103 Å². The predicted molar refractivity (Wildman–Crippen MR) is 75.7 cm³/mol. The van der Waals surface area contributed by atoms with Crippen molar-refractivity contribution >= 4 is 17.8 Å².